The topological polar surface area (TPSA) is 241 Å². The van der Waals surface area contributed by atoms with Crippen LogP contribution in [0, 0.1) is 0 Å². The number of esters is 2. The van der Waals surface area contributed by atoms with Crippen LogP contribution in [0.3, 0.4) is 0 Å². The molecule has 2 saturated heterocycles. The van der Waals surface area contributed by atoms with Gasteiger partial charge in [-0.05, 0) is 104 Å². The third-order valence-corrected chi connectivity index (χ3v) is 13.2. The number of hydrogen-bond donors (Lipinski definition) is 4. The molecule has 0 saturated carbocycles. The molecule has 398 valence electrons. The van der Waals surface area contributed by atoms with Gasteiger partial charge in [-0.1, -0.05) is 109 Å². The number of aliphatic carboxylic acids is 2. The predicted octanol–water partition coefficient (Wildman–Crippen LogP) is 8.41. The fourth-order valence-electron chi connectivity index (χ4n) is 9.15. The second-order valence-corrected chi connectivity index (χ2v) is 19.4. The summed E-state index contributed by atoms with van der Waals surface area (Å²) in [6.07, 6.45) is -0.713. The molecule has 2 aliphatic heterocycles. The molecule has 2 amide bonds. The lowest BCUT2D eigenvalue weighted by atomic mass is 9.98. The maximum absolute atomic E-state index is 13.0. The summed E-state index contributed by atoms with van der Waals surface area (Å²) < 4.78 is 43.7. The van der Waals surface area contributed by atoms with Crippen LogP contribution in [0.25, 0.3) is 22.3 Å². The number of carbonyl (C=O) groups excluding carboxylic acids is 4. The van der Waals surface area contributed by atoms with Crippen molar-refractivity contribution in [2.24, 2.45) is 0 Å². The van der Waals surface area contributed by atoms with E-state index in [1.54, 1.807) is 26.8 Å². The molecule has 18 heteroatoms. The van der Waals surface area contributed by atoms with E-state index in [0.29, 0.717) is 0 Å². The number of fused-ring (bicyclic) bond motifs is 6. The van der Waals surface area contributed by atoms with Gasteiger partial charge in [0.15, 0.2) is 24.3 Å². The third kappa shape index (κ3) is 14.3. The van der Waals surface area contributed by atoms with E-state index in [-0.39, 0.29) is 70.6 Å². The second-order valence-electron chi connectivity index (χ2n) is 19.4. The Labute approximate surface area is 435 Å². The van der Waals surface area contributed by atoms with Gasteiger partial charge < -0.3 is 58.7 Å². The summed E-state index contributed by atoms with van der Waals surface area (Å²) in [5.41, 5.74) is 8.77. The van der Waals surface area contributed by atoms with E-state index in [1.807, 2.05) is 98.8 Å². The molecule has 2 aliphatic carbocycles. The summed E-state index contributed by atoms with van der Waals surface area (Å²) in [7, 11) is 0. The van der Waals surface area contributed by atoms with Crippen molar-refractivity contribution in [3.63, 3.8) is 0 Å². The maximum atomic E-state index is 13.0. The first-order valence-corrected chi connectivity index (χ1v) is 24.8. The molecular formula is C57H64N2O16. The Bertz CT molecular complexity index is 2680. The summed E-state index contributed by atoms with van der Waals surface area (Å²) >= 11 is 0. The summed E-state index contributed by atoms with van der Waals surface area (Å²) in [6, 6.07) is 29.9. The lowest BCUT2D eigenvalue weighted by Gasteiger charge is -2.28. The van der Waals surface area contributed by atoms with Crippen LogP contribution in [-0.2, 0) is 57.1 Å². The Morgan fingerprint density at radius 1 is 0.693 bits per heavy atom. The van der Waals surface area contributed by atoms with E-state index < -0.39 is 78.0 Å². The average molecular weight is 1030 g/mol. The number of ether oxygens (including phenoxy) is 8. The minimum atomic E-state index is -1.22. The lowest BCUT2D eigenvalue weighted by molar-refractivity contribution is -0.176. The van der Waals surface area contributed by atoms with Crippen molar-refractivity contribution < 1.29 is 76.9 Å². The molecule has 2 heterocycles. The van der Waals surface area contributed by atoms with E-state index in [9.17, 15) is 33.9 Å². The Kier molecular flexibility index (Phi) is 18.3. The third-order valence-electron chi connectivity index (χ3n) is 13.2. The van der Waals surface area contributed by atoms with E-state index >= 15 is 0 Å². The molecule has 4 aliphatic rings. The predicted molar refractivity (Wildman–Crippen MR) is 272 cm³/mol. The number of carboxylic acids is 2. The van der Waals surface area contributed by atoms with Gasteiger partial charge >= 0.3 is 36.1 Å². The largest absolute Gasteiger partial charge is 0.479 e. The van der Waals surface area contributed by atoms with Crippen molar-refractivity contribution in [1.82, 2.24) is 10.6 Å². The van der Waals surface area contributed by atoms with Crippen molar-refractivity contribution in [2.75, 3.05) is 33.0 Å². The van der Waals surface area contributed by atoms with Gasteiger partial charge in [-0.15, -0.1) is 0 Å². The number of rotatable bonds is 20. The maximum Gasteiger partial charge on any atom is 0.407 e. The van der Waals surface area contributed by atoms with Crippen LogP contribution in [0.4, 0.5) is 9.59 Å². The summed E-state index contributed by atoms with van der Waals surface area (Å²) in [6.45, 7) is 12.5. The fraction of sp³-hybridized carbons (Fsp3) is 0.404. The summed E-state index contributed by atoms with van der Waals surface area (Å²) in [5, 5.41) is 23.5. The Balaban J connectivity index is 0.000000219. The zero-order valence-corrected chi connectivity index (χ0v) is 42.6. The molecule has 4 aromatic carbocycles. The van der Waals surface area contributed by atoms with E-state index in [4.69, 9.17) is 43.0 Å². The Hall–Kier alpha value is -7.38. The summed E-state index contributed by atoms with van der Waals surface area (Å²) in [4.78, 5) is 73.7. The molecule has 4 aromatic rings. The standard InChI is InChI=1S/C29H33NO8.C28H31NO8/c1-5-28(2,3)38-26(33)23(14-15-29(4)36-17-24(37-29)25(31)32)30-27(34)35-16-22-20-12-8-6-10-18(20)19-11-7-9-13-21(19)22;1-17(2)13-14-34-27(32)23(11-12-25-35-16-24(37-25)26(30)31)29-28(33)36-15-22-20-9-5-3-7-18(20)19-8-4-6-10-21(19)22/h5-13,22-24H,1,14-17H2,2-4H3,(H,30,34)(H,31,32);3-10,13,22-25H,11-12,14-16H2,1-2H3,(H,29,33)(H,30,31)/t23-,24-,29?;23-,24?,25?/m00/s1. The first-order valence-electron chi connectivity index (χ1n) is 24.8. The molecule has 18 nitrogen and oxygen atoms in total. The normalized spacial score (nSPS) is 20.0. The van der Waals surface area contributed by atoms with Crippen molar-refractivity contribution in [1.29, 1.82) is 0 Å². The van der Waals surface area contributed by atoms with Crippen LogP contribution >= 0.6 is 0 Å². The molecule has 2 fully saturated rings. The fourth-order valence-corrected chi connectivity index (χ4v) is 9.15. The van der Waals surface area contributed by atoms with E-state index in [1.165, 1.54) is 6.08 Å². The SMILES string of the molecule is C=CC(C)(C)OC(=O)[C@H](CCC1(C)OC[C@@H](C(=O)O)O1)NC(=O)OCC1c2ccccc2-c2ccccc21.CC(C)=CCOC(=O)[C@H](CCC1OCC(C(=O)O)O1)NC(=O)OCC1c2ccccc2-c2ccccc21. The average Bonchev–Trinajstić information content (AvgIpc) is 4.19. The van der Waals surface area contributed by atoms with Gasteiger partial charge in [0.05, 0.1) is 13.2 Å². The Morgan fingerprint density at radius 3 is 1.59 bits per heavy atom. The number of allylic oxidation sites excluding steroid dienone is 1. The van der Waals surface area contributed by atoms with E-state index in [0.717, 1.165) is 50.1 Å². The highest BCUT2D eigenvalue weighted by molar-refractivity contribution is 5.84. The van der Waals surface area contributed by atoms with Crippen LogP contribution < -0.4 is 10.6 Å². The second kappa shape index (κ2) is 24.8. The molecule has 4 N–H and O–H groups in total. The number of carboxylic acid groups (broad SMARTS) is 2. The van der Waals surface area contributed by atoms with Crippen LogP contribution in [-0.4, -0.2) is 121 Å². The van der Waals surface area contributed by atoms with Crippen molar-refractivity contribution in [2.45, 2.75) is 114 Å². The highest BCUT2D eigenvalue weighted by Gasteiger charge is 2.42. The number of amides is 2. The molecule has 8 rings (SSSR count). The van der Waals surface area contributed by atoms with Gasteiger partial charge in [0.25, 0.3) is 0 Å². The highest BCUT2D eigenvalue weighted by Crippen LogP contribution is 2.46. The minimum absolute atomic E-state index is 0.0685. The quantitative estimate of drug-likeness (QED) is 0.0369. The molecule has 0 radical (unpaired) electrons. The number of benzene rings is 4. The zero-order chi connectivity index (χ0) is 53.9. The monoisotopic (exact) mass is 1030 g/mol. The van der Waals surface area contributed by atoms with Crippen molar-refractivity contribution in [3.8, 4) is 22.3 Å². The molecular weight excluding hydrogens is 969 g/mol. The van der Waals surface area contributed by atoms with Crippen LogP contribution in [0.5, 0.6) is 0 Å². The molecule has 3 unspecified atom stereocenters. The molecule has 75 heavy (non-hydrogen) atoms. The minimum Gasteiger partial charge on any atom is -0.479 e. The summed E-state index contributed by atoms with van der Waals surface area (Å²) in [5.74, 6) is -5.03. The van der Waals surface area contributed by atoms with Crippen LogP contribution in [0.1, 0.15) is 94.4 Å². The number of hydrogen-bond acceptors (Lipinski definition) is 14. The molecule has 0 spiro atoms. The van der Waals surface area contributed by atoms with Gasteiger partial charge in [0, 0.05) is 24.7 Å². The highest BCUT2D eigenvalue weighted by atomic mass is 16.8. The lowest BCUT2D eigenvalue weighted by Crippen LogP contribution is -2.46. The number of nitrogens with one attached hydrogen (secondary N) is 2. The molecule has 0 aromatic heterocycles. The van der Waals surface area contributed by atoms with Gasteiger partial charge in [-0.2, -0.15) is 0 Å². The smallest absolute Gasteiger partial charge is 0.407 e. The van der Waals surface area contributed by atoms with Gasteiger partial charge in [0.1, 0.15) is 37.5 Å². The number of alkyl carbamates (subject to hydrolysis) is 2. The van der Waals surface area contributed by atoms with Crippen molar-refractivity contribution >= 4 is 36.1 Å². The van der Waals surface area contributed by atoms with Gasteiger partial charge in [-0.3, -0.25) is 0 Å². The van der Waals surface area contributed by atoms with Crippen LogP contribution in [0.2, 0.25) is 0 Å². The molecule has 0 bridgehead atoms. The zero-order valence-electron chi connectivity index (χ0n) is 42.6. The first-order chi connectivity index (χ1) is 35.8. The van der Waals surface area contributed by atoms with E-state index in [2.05, 4.69) is 29.3 Å². The molecule has 6 atom stereocenters. The van der Waals surface area contributed by atoms with Crippen molar-refractivity contribution in [3.05, 3.63) is 144 Å². The Morgan fingerprint density at radius 2 is 1.16 bits per heavy atom. The van der Waals surface area contributed by atoms with Crippen LogP contribution in [0.15, 0.2) is 121 Å². The first kappa shape index (κ1) is 55.4. The number of carbonyl (C=O) groups is 6. The van der Waals surface area contributed by atoms with Gasteiger partial charge in [0.2, 0.25) is 0 Å². The van der Waals surface area contributed by atoms with Gasteiger partial charge in [-0.25, -0.2) is 28.8 Å².